The van der Waals surface area contributed by atoms with Crippen molar-refractivity contribution in [1.82, 2.24) is 10.2 Å². The number of likely N-dealkylation sites (N-methyl/N-ethyl adjacent to an activating group) is 2. The van der Waals surface area contributed by atoms with E-state index >= 15 is 0 Å². The topological polar surface area (TPSA) is 15.3 Å². The minimum Gasteiger partial charge on any atom is -0.318 e. The molecule has 0 fully saturated rings. The number of benzene rings is 1. The molecule has 0 heterocycles. The molecule has 0 amide bonds. The molecule has 0 saturated carbocycles. The molecule has 15 heavy (non-hydrogen) atoms. The van der Waals surface area contributed by atoms with Gasteiger partial charge in [0.2, 0.25) is 0 Å². The van der Waals surface area contributed by atoms with Crippen molar-refractivity contribution >= 4 is 11.6 Å². The molecule has 1 aromatic rings. The van der Waals surface area contributed by atoms with Crippen molar-refractivity contribution in [2.24, 2.45) is 0 Å². The van der Waals surface area contributed by atoms with Crippen LogP contribution in [0.3, 0.4) is 0 Å². The van der Waals surface area contributed by atoms with Gasteiger partial charge in [-0.25, -0.2) is 0 Å². The average molecular weight is 227 g/mol. The van der Waals surface area contributed by atoms with Gasteiger partial charge in [-0.15, -0.1) is 0 Å². The van der Waals surface area contributed by atoms with Gasteiger partial charge in [0.25, 0.3) is 0 Å². The monoisotopic (exact) mass is 226 g/mol. The Labute approximate surface area is 97.2 Å². The van der Waals surface area contributed by atoms with Gasteiger partial charge in [-0.05, 0) is 32.1 Å². The molecule has 0 saturated heterocycles. The summed E-state index contributed by atoms with van der Waals surface area (Å²) < 4.78 is 0. The molecule has 0 spiro atoms. The van der Waals surface area contributed by atoms with Crippen LogP contribution in [-0.2, 0) is 6.42 Å². The standard InChI is InChI=1S/C12H19ClN2/c1-14-8-10-15(2)9-7-11-5-3-4-6-12(11)13/h3-6,14H,7-10H2,1-2H3. The van der Waals surface area contributed by atoms with Crippen LogP contribution in [0.4, 0.5) is 0 Å². The molecule has 0 aromatic heterocycles. The molecular formula is C12H19ClN2. The van der Waals surface area contributed by atoms with E-state index in [1.165, 1.54) is 5.56 Å². The fourth-order valence-corrected chi connectivity index (χ4v) is 1.66. The third kappa shape index (κ3) is 4.65. The van der Waals surface area contributed by atoms with Gasteiger partial charge in [-0.1, -0.05) is 29.8 Å². The van der Waals surface area contributed by atoms with Crippen molar-refractivity contribution in [3.05, 3.63) is 34.9 Å². The summed E-state index contributed by atoms with van der Waals surface area (Å²) in [7, 11) is 4.11. The third-order valence-electron chi connectivity index (χ3n) is 2.46. The molecule has 0 aliphatic heterocycles. The summed E-state index contributed by atoms with van der Waals surface area (Å²) in [5.41, 5.74) is 1.23. The van der Waals surface area contributed by atoms with Crippen LogP contribution in [0.25, 0.3) is 0 Å². The first-order chi connectivity index (χ1) is 7.24. The Hall–Kier alpha value is -0.570. The molecular weight excluding hydrogens is 208 g/mol. The molecule has 84 valence electrons. The van der Waals surface area contributed by atoms with Crippen LogP contribution in [0.2, 0.25) is 5.02 Å². The summed E-state index contributed by atoms with van der Waals surface area (Å²) in [4.78, 5) is 2.31. The van der Waals surface area contributed by atoms with E-state index < -0.39 is 0 Å². The second-order valence-corrected chi connectivity index (χ2v) is 4.16. The second kappa shape index (κ2) is 6.83. The summed E-state index contributed by atoms with van der Waals surface area (Å²) in [6.07, 6.45) is 1.01. The van der Waals surface area contributed by atoms with Gasteiger partial charge >= 0.3 is 0 Å². The molecule has 0 aliphatic carbocycles. The maximum atomic E-state index is 6.08. The third-order valence-corrected chi connectivity index (χ3v) is 2.83. The Morgan fingerprint density at radius 2 is 2.00 bits per heavy atom. The second-order valence-electron chi connectivity index (χ2n) is 3.75. The molecule has 0 radical (unpaired) electrons. The highest BCUT2D eigenvalue weighted by molar-refractivity contribution is 6.31. The van der Waals surface area contributed by atoms with Crippen LogP contribution < -0.4 is 5.32 Å². The molecule has 1 N–H and O–H groups in total. The number of nitrogens with zero attached hydrogens (tertiary/aromatic N) is 1. The number of halogens is 1. The van der Waals surface area contributed by atoms with Gasteiger partial charge in [0.1, 0.15) is 0 Å². The highest BCUT2D eigenvalue weighted by Gasteiger charge is 2.01. The van der Waals surface area contributed by atoms with Gasteiger partial charge in [0, 0.05) is 24.7 Å². The zero-order valence-corrected chi connectivity index (χ0v) is 10.2. The normalized spacial score (nSPS) is 10.9. The molecule has 1 rings (SSSR count). The van der Waals surface area contributed by atoms with Crippen LogP contribution in [0, 0.1) is 0 Å². The molecule has 2 nitrogen and oxygen atoms in total. The Balaban J connectivity index is 2.33. The first kappa shape index (κ1) is 12.5. The van der Waals surface area contributed by atoms with Gasteiger partial charge < -0.3 is 10.2 Å². The lowest BCUT2D eigenvalue weighted by molar-refractivity contribution is 0.339. The summed E-state index contributed by atoms with van der Waals surface area (Å²) in [5, 5.41) is 4.01. The maximum absolute atomic E-state index is 6.08. The highest BCUT2D eigenvalue weighted by Crippen LogP contribution is 2.15. The summed E-state index contributed by atoms with van der Waals surface area (Å²) in [6, 6.07) is 8.05. The number of hydrogen-bond donors (Lipinski definition) is 1. The minimum atomic E-state index is 0.875. The molecule has 0 atom stereocenters. The lowest BCUT2D eigenvalue weighted by Crippen LogP contribution is -2.29. The highest BCUT2D eigenvalue weighted by atomic mass is 35.5. The van der Waals surface area contributed by atoms with Gasteiger partial charge in [-0.2, -0.15) is 0 Å². The Bertz CT molecular complexity index is 289. The number of nitrogens with one attached hydrogen (secondary N) is 1. The number of hydrogen-bond acceptors (Lipinski definition) is 2. The first-order valence-corrected chi connectivity index (χ1v) is 5.68. The molecule has 1 aromatic carbocycles. The van der Waals surface area contributed by atoms with Crippen molar-refractivity contribution < 1.29 is 0 Å². The van der Waals surface area contributed by atoms with E-state index in [-0.39, 0.29) is 0 Å². The van der Waals surface area contributed by atoms with E-state index in [1.54, 1.807) is 0 Å². The van der Waals surface area contributed by atoms with E-state index in [0.29, 0.717) is 0 Å². The molecule has 3 heteroatoms. The predicted octanol–water partition coefficient (Wildman–Crippen LogP) is 2.03. The van der Waals surface area contributed by atoms with E-state index in [1.807, 2.05) is 25.2 Å². The molecule has 0 bridgehead atoms. The fraction of sp³-hybridized carbons (Fsp3) is 0.500. The Morgan fingerprint density at radius 1 is 1.27 bits per heavy atom. The zero-order chi connectivity index (χ0) is 11.1. The lowest BCUT2D eigenvalue weighted by Gasteiger charge is -2.16. The predicted molar refractivity (Wildman–Crippen MR) is 66.6 cm³/mol. The molecule has 0 unspecified atom stereocenters. The smallest absolute Gasteiger partial charge is 0.0438 e. The minimum absolute atomic E-state index is 0.875. The van der Waals surface area contributed by atoms with E-state index in [4.69, 9.17) is 11.6 Å². The van der Waals surface area contributed by atoms with Crippen LogP contribution >= 0.6 is 11.6 Å². The quantitative estimate of drug-likeness (QED) is 0.799. The first-order valence-electron chi connectivity index (χ1n) is 5.30. The maximum Gasteiger partial charge on any atom is 0.0438 e. The van der Waals surface area contributed by atoms with E-state index in [0.717, 1.165) is 31.1 Å². The van der Waals surface area contributed by atoms with Crippen molar-refractivity contribution in [3.63, 3.8) is 0 Å². The van der Waals surface area contributed by atoms with E-state index in [2.05, 4.69) is 23.3 Å². The SMILES string of the molecule is CNCCN(C)CCc1ccccc1Cl. The van der Waals surface area contributed by atoms with Crippen LogP contribution in [0.15, 0.2) is 24.3 Å². The lowest BCUT2D eigenvalue weighted by atomic mass is 10.1. The van der Waals surface area contributed by atoms with Crippen molar-refractivity contribution in [2.75, 3.05) is 33.7 Å². The largest absolute Gasteiger partial charge is 0.318 e. The summed E-state index contributed by atoms with van der Waals surface area (Å²) in [5.74, 6) is 0. The van der Waals surface area contributed by atoms with E-state index in [9.17, 15) is 0 Å². The van der Waals surface area contributed by atoms with Gasteiger partial charge in [0.15, 0.2) is 0 Å². The average Bonchev–Trinajstić information content (AvgIpc) is 2.25. The van der Waals surface area contributed by atoms with Crippen molar-refractivity contribution in [1.29, 1.82) is 0 Å². The Morgan fingerprint density at radius 3 is 2.67 bits per heavy atom. The van der Waals surface area contributed by atoms with Gasteiger partial charge in [-0.3, -0.25) is 0 Å². The summed E-state index contributed by atoms with van der Waals surface area (Å²) in [6.45, 7) is 3.14. The van der Waals surface area contributed by atoms with Crippen LogP contribution in [0.5, 0.6) is 0 Å². The zero-order valence-electron chi connectivity index (χ0n) is 9.46. The molecule has 0 aliphatic rings. The number of rotatable bonds is 6. The summed E-state index contributed by atoms with van der Waals surface area (Å²) >= 11 is 6.08. The van der Waals surface area contributed by atoms with Crippen molar-refractivity contribution in [2.45, 2.75) is 6.42 Å². The van der Waals surface area contributed by atoms with Gasteiger partial charge in [0.05, 0.1) is 0 Å². The fourth-order valence-electron chi connectivity index (χ4n) is 1.43. The van der Waals surface area contributed by atoms with Crippen LogP contribution in [0.1, 0.15) is 5.56 Å². The van der Waals surface area contributed by atoms with Crippen molar-refractivity contribution in [3.8, 4) is 0 Å². The Kier molecular flexibility index (Phi) is 5.69. The van der Waals surface area contributed by atoms with Crippen LogP contribution in [-0.4, -0.2) is 38.6 Å².